The lowest BCUT2D eigenvalue weighted by atomic mass is 10.1. The van der Waals surface area contributed by atoms with E-state index in [9.17, 15) is 5.11 Å². The van der Waals surface area contributed by atoms with Gasteiger partial charge >= 0.3 is 0 Å². The molecule has 0 fully saturated rings. The molecule has 3 nitrogen and oxygen atoms in total. The van der Waals surface area contributed by atoms with Crippen LogP contribution in [0.4, 0.5) is 0 Å². The molecule has 0 aromatic carbocycles. The van der Waals surface area contributed by atoms with Crippen LogP contribution in [0.1, 0.15) is 34.1 Å². The number of nitrogens with zero attached hydrogens (tertiary/aromatic N) is 1. The first-order valence-electron chi connectivity index (χ1n) is 5.46. The van der Waals surface area contributed by atoms with Gasteiger partial charge in [-0.1, -0.05) is 0 Å². The SMILES string of the molecule is CC(C)N(C)CCNCCC(C)(C)O. The zero-order valence-corrected chi connectivity index (χ0v) is 10.3. The Hall–Kier alpha value is -0.120. The molecule has 0 saturated heterocycles. The van der Waals surface area contributed by atoms with E-state index >= 15 is 0 Å². The minimum absolute atomic E-state index is 0.545. The van der Waals surface area contributed by atoms with E-state index in [1.54, 1.807) is 0 Å². The maximum absolute atomic E-state index is 9.46. The van der Waals surface area contributed by atoms with Crippen LogP contribution in [0.2, 0.25) is 0 Å². The van der Waals surface area contributed by atoms with Crippen LogP contribution in [0.15, 0.2) is 0 Å². The molecule has 0 aliphatic heterocycles. The zero-order chi connectivity index (χ0) is 11.2. The van der Waals surface area contributed by atoms with Crippen LogP contribution in [0.25, 0.3) is 0 Å². The average molecular weight is 202 g/mol. The molecule has 86 valence electrons. The summed E-state index contributed by atoms with van der Waals surface area (Å²) in [5.41, 5.74) is -0.545. The molecule has 0 rings (SSSR count). The molecule has 0 aromatic rings. The van der Waals surface area contributed by atoms with Gasteiger partial charge in [0, 0.05) is 19.1 Å². The highest BCUT2D eigenvalue weighted by Gasteiger charge is 2.10. The summed E-state index contributed by atoms with van der Waals surface area (Å²) in [6.45, 7) is 11.0. The fraction of sp³-hybridized carbons (Fsp3) is 1.00. The van der Waals surface area contributed by atoms with Crippen molar-refractivity contribution in [3.63, 3.8) is 0 Å². The summed E-state index contributed by atoms with van der Waals surface area (Å²) in [5.74, 6) is 0. The van der Waals surface area contributed by atoms with Gasteiger partial charge in [-0.25, -0.2) is 0 Å². The Balaban J connectivity index is 3.30. The third kappa shape index (κ3) is 8.48. The van der Waals surface area contributed by atoms with Gasteiger partial charge in [-0.2, -0.15) is 0 Å². The van der Waals surface area contributed by atoms with E-state index in [0.717, 1.165) is 26.1 Å². The quantitative estimate of drug-likeness (QED) is 0.606. The predicted molar refractivity (Wildman–Crippen MR) is 61.6 cm³/mol. The van der Waals surface area contributed by atoms with Crippen LogP contribution < -0.4 is 5.32 Å². The Morgan fingerprint density at radius 2 is 1.86 bits per heavy atom. The van der Waals surface area contributed by atoms with Gasteiger partial charge in [0.15, 0.2) is 0 Å². The Bertz CT molecular complexity index is 141. The van der Waals surface area contributed by atoms with Crippen LogP contribution in [0.3, 0.4) is 0 Å². The molecule has 0 bridgehead atoms. The molecule has 0 aliphatic rings. The van der Waals surface area contributed by atoms with Crippen LogP contribution >= 0.6 is 0 Å². The summed E-state index contributed by atoms with van der Waals surface area (Å²) in [7, 11) is 2.13. The summed E-state index contributed by atoms with van der Waals surface area (Å²) in [5, 5.41) is 12.8. The maximum atomic E-state index is 9.46. The van der Waals surface area contributed by atoms with E-state index in [-0.39, 0.29) is 0 Å². The van der Waals surface area contributed by atoms with Crippen LogP contribution in [0.5, 0.6) is 0 Å². The minimum Gasteiger partial charge on any atom is -0.390 e. The number of rotatable bonds is 7. The number of aliphatic hydroxyl groups is 1. The summed E-state index contributed by atoms with van der Waals surface area (Å²) in [6.07, 6.45) is 0.804. The molecule has 3 heteroatoms. The molecular weight excluding hydrogens is 176 g/mol. The smallest absolute Gasteiger partial charge is 0.0603 e. The number of hydrogen-bond acceptors (Lipinski definition) is 3. The van der Waals surface area contributed by atoms with Crippen LogP contribution in [-0.2, 0) is 0 Å². The van der Waals surface area contributed by atoms with Crippen molar-refractivity contribution in [2.75, 3.05) is 26.7 Å². The third-order valence-electron chi connectivity index (χ3n) is 2.44. The molecule has 0 spiro atoms. The van der Waals surface area contributed by atoms with Crippen molar-refractivity contribution in [1.29, 1.82) is 0 Å². The molecular formula is C11H26N2O. The first kappa shape index (κ1) is 13.9. The van der Waals surface area contributed by atoms with Gasteiger partial charge in [0.2, 0.25) is 0 Å². The van der Waals surface area contributed by atoms with Gasteiger partial charge in [-0.05, 0) is 47.7 Å². The highest BCUT2D eigenvalue weighted by atomic mass is 16.3. The summed E-state index contributed by atoms with van der Waals surface area (Å²) in [4.78, 5) is 2.30. The molecule has 0 aliphatic carbocycles. The third-order valence-corrected chi connectivity index (χ3v) is 2.44. The molecule has 14 heavy (non-hydrogen) atoms. The Morgan fingerprint density at radius 3 is 2.29 bits per heavy atom. The lowest BCUT2D eigenvalue weighted by molar-refractivity contribution is 0.0710. The summed E-state index contributed by atoms with van der Waals surface area (Å²) in [6, 6.07) is 0.603. The van der Waals surface area contributed by atoms with Gasteiger partial charge < -0.3 is 15.3 Å². The minimum atomic E-state index is -0.545. The first-order chi connectivity index (χ1) is 6.33. The van der Waals surface area contributed by atoms with Crippen molar-refractivity contribution in [3.05, 3.63) is 0 Å². The summed E-state index contributed by atoms with van der Waals surface area (Å²) >= 11 is 0. The Kier molecular flexibility index (Phi) is 6.33. The van der Waals surface area contributed by atoms with E-state index in [0.29, 0.717) is 6.04 Å². The second-order valence-corrected chi connectivity index (χ2v) is 4.89. The lowest BCUT2D eigenvalue weighted by Crippen LogP contribution is -2.35. The van der Waals surface area contributed by atoms with Crippen LogP contribution in [-0.4, -0.2) is 48.3 Å². The number of likely N-dealkylation sites (N-methyl/N-ethyl adjacent to an activating group) is 1. The zero-order valence-electron chi connectivity index (χ0n) is 10.3. The highest BCUT2D eigenvalue weighted by molar-refractivity contribution is 4.67. The van der Waals surface area contributed by atoms with Crippen molar-refractivity contribution in [1.82, 2.24) is 10.2 Å². The van der Waals surface area contributed by atoms with E-state index in [1.165, 1.54) is 0 Å². The normalized spacial score (nSPS) is 12.9. The standard InChI is InChI=1S/C11H26N2O/c1-10(2)13(5)9-8-12-7-6-11(3,4)14/h10,12,14H,6-9H2,1-5H3. The number of nitrogens with one attached hydrogen (secondary N) is 1. The van der Waals surface area contributed by atoms with E-state index in [2.05, 4.69) is 31.1 Å². The monoisotopic (exact) mass is 202 g/mol. The van der Waals surface area contributed by atoms with Gasteiger partial charge in [0.1, 0.15) is 0 Å². The number of hydrogen-bond donors (Lipinski definition) is 2. The molecule has 2 N–H and O–H groups in total. The van der Waals surface area contributed by atoms with Gasteiger partial charge in [0.05, 0.1) is 5.60 Å². The van der Waals surface area contributed by atoms with E-state index in [4.69, 9.17) is 0 Å². The van der Waals surface area contributed by atoms with Gasteiger partial charge in [-0.3, -0.25) is 0 Å². The van der Waals surface area contributed by atoms with Crippen molar-refractivity contribution in [3.8, 4) is 0 Å². The molecule has 0 amide bonds. The van der Waals surface area contributed by atoms with Crippen molar-refractivity contribution in [2.24, 2.45) is 0 Å². The maximum Gasteiger partial charge on any atom is 0.0603 e. The molecule has 0 unspecified atom stereocenters. The lowest BCUT2D eigenvalue weighted by Gasteiger charge is -2.22. The van der Waals surface area contributed by atoms with E-state index in [1.807, 2.05) is 13.8 Å². The molecule has 0 atom stereocenters. The molecule has 0 heterocycles. The van der Waals surface area contributed by atoms with E-state index < -0.39 is 5.60 Å². The van der Waals surface area contributed by atoms with Crippen molar-refractivity contribution >= 4 is 0 Å². The molecule has 0 aromatic heterocycles. The molecule has 0 saturated carbocycles. The topological polar surface area (TPSA) is 35.5 Å². The predicted octanol–water partition coefficient (Wildman–Crippen LogP) is 1.08. The fourth-order valence-electron chi connectivity index (χ4n) is 1.03. The summed E-state index contributed by atoms with van der Waals surface area (Å²) < 4.78 is 0. The Labute approximate surface area is 88.5 Å². The Morgan fingerprint density at radius 1 is 1.29 bits per heavy atom. The van der Waals surface area contributed by atoms with Gasteiger partial charge in [-0.15, -0.1) is 0 Å². The van der Waals surface area contributed by atoms with Crippen molar-refractivity contribution < 1.29 is 5.11 Å². The second-order valence-electron chi connectivity index (χ2n) is 4.89. The van der Waals surface area contributed by atoms with Crippen LogP contribution in [0, 0.1) is 0 Å². The van der Waals surface area contributed by atoms with Crippen molar-refractivity contribution in [2.45, 2.75) is 45.8 Å². The van der Waals surface area contributed by atoms with Gasteiger partial charge in [0.25, 0.3) is 0 Å². The highest BCUT2D eigenvalue weighted by Crippen LogP contribution is 2.04. The molecule has 0 radical (unpaired) electrons. The average Bonchev–Trinajstić information content (AvgIpc) is 2.01. The first-order valence-corrected chi connectivity index (χ1v) is 5.46. The fourth-order valence-corrected chi connectivity index (χ4v) is 1.03. The second kappa shape index (κ2) is 6.38. The largest absolute Gasteiger partial charge is 0.390 e.